The lowest BCUT2D eigenvalue weighted by molar-refractivity contribution is -0.125. The van der Waals surface area contributed by atoms with Crippen molar-refractivity contribution in [2.24, 2.45) is 10.9 Å². The number of carbonyl (C=O) groups excluding carboxylic acids is 1. The SMILES string of the molecule is NCCOCCOCCOCCOCCOCCNC(=O)CO/N=C/c1ccccc1. The molecule has 31 heavy (non-hydrogen) atoms. The Bertz CT molecular complexity index is 561. The first kappa shape index (κ1) is 27.0. The van der Waals surface area contributed by atoms with Crippen molar-refractivity contribution in [3.05, 3.63) is 35.9 Å². The highest BCUT2D eigenvalue weighted by Gasteiger charge is 2.00. The summed E-state index contributed by atoms with van der Waals surface area (Å²) < 4.78 is 26.7. The lowest BCUT2D eigenvalue weighted by Crippen LogP contribution is -2.30. The molecule has 0 saturated carbocycles. The van der Waals surface area contributed by atoms with Gasteiger partial charge in [0.2, 0.25) is 0 Å². The van der Waals surface area contributed by atoms with Gasteiger partial charge in [-0.05, 0) is 5.56 Å². The van der Waals surface area contributed by atoms with E-state index in [9.17, 15) is 4.79 Å². The standard InChI is InChI=1S/C21H35N3O7/c22-6-8-26-10-12-28-14-16-30-17-15-29-13-11-27-9-7-23-21(25)19-31-24-18-20-4-2-1-3-5-20/h1-5,18H,6-17,19,22H2,(H,23,25)/b24-18+. The molecule has 0 saturated heterocycles. The average molecular weight is 442 g/mol. The van der Waals surface area contributed by atoms with E-state index in [4.69, 9.17) is 34.3 Å². The third-order valence-electron chi connectivity index (χ3n) is 3.59. The van der Waals surface area contributed by atoms with Crippen LogP contribution in [-0.4, -0.2) is 97.9 Å². The maximum atomic E-state index is 11.6. The predicted molar refractivity (Wildman–Crippen MR) is 116 cm³/mol. The first-order chi connectivity index (χ1) is 15.3. The molecule has 0 radical (unpaired) electrons. The highest BCUT2D eigenvalue weighted by atomic mass is 16.6. The number of benzene rings is 1. The fourth-order valence-electron chi connectivity index (χ4n) is 2.11. The zero-order chi connectivity index (χ0) is 22.2. The third-order valence-corrected chi connectivity index (χ3v) is 3.59. The predicted octanol–water partition coefficient (Wildman–Crippen LogP) is 0.195. The van der Waals surface area contributed by atoms with Crippen LogP contribution in [0.1, 0.15) is 5.56 Å². The van der Waals surface area contributed by atoms with E-state index in [1.54, 1.807) is 6.21 Å². The van der Waals surface area contributed by atoms with E-state index in [0.717, 1.165) is 5.56 Å². The maximum absolute atomic E-state index is 11.6. The Labute approximate surface area is 183 Å². The second kappa shape index (κ2) is 21.2. The molecule has 0 unspecified atom stereocenters. The summed E-state index contributed by atoms with van der Waals surface area (Å²) in [6, 6.07) is 9.49. The Hall–Kier alpha value is -2.08. The van der Waals surface area contributed by atoms with Crippen LogP contribution in [0.3, 0.4) is 0 Å². The molecule has 1 aromatic carbocycles. The van der Waals surface area contributed by atoms with Gasteiger partial charge in [0.1, 0.15) is 0 Å². The largest absolute Gasteiger partial charge is 0.386 e. The van der Waals surface area contributed by atoms with E-state index in [1.165, 1.54) is 0 Å². The Morgan fingerprint density at radius 3 is 1.87 bits per heavy atom. The first-order valence-electron chi connectivity index (χ1n) is 10.4. The second-order valence-corrected chi connectivity index (χ2v) is 6.12. The number of oxime groups is 1. The summed E-state index contributed by atoms with van der Waals surface area (Å²) in [6.45, 7) is 5.72. The Balaban J connectivity index is 1.76. The van der Waals surface area contributed by atoms with Crippen LogP contribution in [0.25, 0.3) is 0 Å². The molecular weight excluding hydrogens is 406 g/mol. The van der Waals surface area contributed by atoms with E-state index in [2.05, 4.69) is 10.5 Å². The Morgan fingerprint density at radius 1 is 0.806 bits per heavy atom. The quantitative estimate of drug-likeness (QED) is 0.158. The minimum absolute atomic E-state index is 0.139. The zero-order valence-corrected chi connectivity index (χ0v) is 18.0. The smallest absolute Gasteiger partial charge is 0.260 e. The summed E-state index contributed by atoms with van der Waals surface area (Å²) >= 11 is 0. The number of nitrogens with two attached hydrogens (primary N) is 1. The molecule has 0 atom stereocenters. The van der Waals surface area contributed by atoms with Gasteiger partial charge in [-0.25, -0.2) is 0 Å². The molecule has 0 aromatic heterocycles. The van der Waals surface area contributed by atoms with Crippen molar-refractivity contribution in [2.75, 3.05) is 85.8 Å². The van der Waals surface area contributed by atoms with Gasteiger partial charge in [-0.1, -0.05) is 35.5 Å². The number of ether oxygens (including phenoxy) is 5. The van der Waals surface area contributed by atoms with Crippen molar-refractivity contribution in [1.29, 1.82) is 0 Å². The van der Waals surface area contributed by atoms with Crippen LogP contribution in [0, 0.1) is 0 Å². The lowest BCUT2D eigenvalue weighted by atomic mass is 10.2. The molecule has 0 aliphatic rings. The highest BCUT2D eigenvalue weighted by molar-refractivity contribution is 5.79. The molecule has 10 nitrogen and oxygen atoms in total. The molecule has 176 valence electrons. The first-order valence-corrected chi connectivity index (χ1v) is 10.4. The van der Waals surface area contributed by atoms with Crippen LogP contribution >= 0.6 is 0 Å². The molecule has 0 spiro atoms. The number of nitrogens with one attached hydrogen (secondary N) is 1. The van der Waals surface area contributed by atoms with Crippen molar-refractivity contribution in [2.45, 2.75) is 0 Å². The van der Waals surface area contributed by atoms with Crippen LogP contribution in [0.4, 0.5) is 0 Å². The molecule has 0 fully saturated rings. The van der Waals surface area contributed by atoms with Crippen molar-refractivity contribution < 1.29 is 33.3 Å². The van der Waals surface area contributed by atoms with E-state index in [1.807, 2.05) is 30.3 Å². The monoisotopic (exact) mass is 441 g/mol. The number of rotatable bonds is 21. The topological polar surface area (TPSA) is 123 Å². The Kier molecular flexibility index (Phi) is 18.4. The van der Waals surface area contributed by atoms with Gasteiger partial charge in [0.05, 0.1) is 72.3 Å². The molecule has 0 bridgehead atoms. The van der Waals surface area contributed by atoms with Crippen LogP contribution in [0.2, 0.25) is 0 Å². The molecule has 0 aliphatic heterocycles. The molecule has 1 aromatic rings. The maximum Gasteiger partial charge on any atom is 0.260 e. The number of carbonyl (C=O) groups is 1. The van der Waals surface area contributed by atoms with Crippen LogP contribution in [0.15, 0.2) is 35.5 Å². The summed E-state index contributed by atoms with van der Waals surface area (Å²) in [5.74, 6) is -0.255. The van der Waals surface area contributed by atoms with Crippen molar-refractivity contribution >= 4 is 12.1 Å². The highest BCUT2D eigenvalue weighted by Crippen LogP contribution is 1.94. The lowest BCUT2D eigenvalue weighted by Gasteiger charge is -2.08. The van der Waals surface area contributed by atoms with E-state index < -0.39 is 0 Å². The van der Waals surface area contributed by atoms with Gasteiger partial charge in [-0.15, -0.1) is 0 Å². The number of amides is 1. The zero-order valence-electron chi connectivity index (χ0n) is 18.0. The number of hydrogen-bond acceptors (Lipinski definition) is 9. The normalized spacial score (nSPS) is 11.1. The minimum atomic E-state index is -0.255. The van der Waals surface area contributed by atoms with Gasteiger partial charge >= 0.3 is 0 Å². The summed E-state index contributed by atoms with van der Waals surface area (Å²) in [5, 5.41) is 6.43. The van der Waals surface area contributed by atoms with E-state index in [0.29, 0.717) is 79.2 Å². The molecule has 1 rings (SSSR count). The van der Waals surface area contributed by atoms with Gasteiger partial charge in [0.25, 0.3) is 5.91 Å². The molecule has 3 N–H and O–H groups in total. The Morgan fingerprint density at radius 2 is 1.32 bits per heavy atom. The summed E-state index contributed by atoms with van der Waals surface area (Å²) in [4.78, 5) is 16.5. The average Bonchev–Trinajstić information content (AvgIpc) is 2.79. The third kappa shape index (κ3) is 18.4. The van der Waals surface area contributed by atoms with E-state index >= 15 is 0 Å². The van der Waals surface area contributed by atoms with Gasteiger partial charge in [-0.3, -0.25) is 4.79 Å². The number of hydrogen-bond donors (Lipinski definition) is 2. The van der Waals surface area contributed by atoms with Crippen molar-refractivity contribution in [3.8, 4) is 0 Å². The van der Waals surface area contributed by atoms with Crippen LogP contribution < -0.4 is 11.1 Å². The van der Waals surface area contributed by atoms with Crippen LogP contribution in [-0.2, 0) is 33.3 Å². The second-order valence-electron chi connectivity index (χ2n) is 6.12. The summed E-state index contributed by atoms with van der Waals surface area (Å²) in [7, 11) is 0. The molecule has 0 aliphatic carbocycles. The van der Waals surface area contributed by atoms with Crippen molar-refractivity contribution in [3.63, 3.8) is 0 Å². The molecule has 10 heteroatoms. The summed E-state index contributed by atoms with van der Waals surface area (Å²) in [6.07, 6.45) is 1.55. The molecule has 0 heterocycles. The molecule has 1 amide bonds. The minimum Gasteiger partial charge on any atom is -0.386 e. The fraction of sp³-hybridized carbons (Fsp3) is 0.619. The van der Waals surface area contributed by atoms with Gasteiger partial charge in [-0.2, -0.15) is 0 Å². The van der Waals surface area contributed by atoms with E-state index in [-0.39, 0.29) is 12.5 Å². The summed E-state index contributed by atoms with van der Waals surface area (Å²) in [5.41, 5.74) is 6.21. The van der Waals surface area contributed by atoms with Gasteiger partial charge in [0.15, 0.2) is 6.61 Å². The molecular formula is C21H35N3O7. The van der Waals surface area contributed by atoms with Crippen LogP contribution in [0.5, 0.6) is 0 Å². The van der Waals surface area contributed by atoms with Crippen molar-refractivity contribution in [1.82, 2.24) is 5.32 Å². The number of nitrogens with zero attached hydrogens (tertiary/aromatic N) is 1. The van der Waals surface area contributed by atoms with Gasteiger partial charge in [0, 0.05) is 13.1 Å². The van der Waals surface area contributed by atoms with Gasteiger partial charge < -0.3 is 39.6 Å². The fourth-order valence-corrected chi connectivity index (χ4v) is 2.11.